The molecule has 0 aromatic heterocycles. The summed E-state index contributed by atoms with van der Waals surface area (Å²) in [6.07, 6.45) is -0.544. The van der Waals surface area contributed by atoms with Gasteiger partial charge in [-0.05, 0) is 62.9 Å². The molecule has 2 rings (SSSR count). The van der Waals surface area contributed by atoms with E-state index in [4.69, 9.17) is 4.74 Å². The van der Waals surface area contributed by atoms with Gasteiger partial charge in [0.05, 0.1) is 11.7 Å². The lowest BCUT2D eigenvalue weighted by Gasteiger charge is -2.20. The summed E-state index contributed by atoms with van der Waals surface area (Å²) >= 11 is 0. The van der Waals surface area contributed by atoms with E-state index in [0.29, 0.717) is 5.56 Å². The molecule has 0 amide bonds. The normalized spacial score (nSPS) is 12.8. The van der Waals surface area contributed by atoms with Crippen LogP contribution in [0, 0.1) is 6.92 Å². The average molecular weight is 312 g/mol. The highest BCUT2D eigenvalue weighted by Crippen LogP contribution is 2.30. The molecule has 0 saturated heterocycles. The van der Waals surface area contributed by atoms with Gasteiger partial charge in [-0.3, -0.25) is 0 Å². The zero-order valence-corrected chi connectivity index (χ0v) is 14.4. The number of aliphatic hydroxyl groups excluding tert-OH is 1. The second kappa shape index (κ2) is 6.55. The van der Waals surface area contributed by atoms with E-state index in [1.807, 2.05) is 64.1 Å². The van der Waals surface area contributed by atoms with Gasteiger partial charge in [-0.1, -0.05) is 36.4 Å². The van der Waals surface area contributed by atoms with E-state index in [1.165, 1.54) is 0 Å². The first-order valence-electron chi connectivity index (χ1n) is 7.80. The smallest absolute Gasteiger partial charge is 0.338 e. The van der Waals surface area contributed by atoms with Gasteiger partial charge in [0.2, 0.25) is 0 Å². The second-order valence-electron chi connectivity index (χ2n) is 6.79. The van der Waals surface area contributed by atoms with Crippen molar-refractivity contribution in [2.75, 3.05) is 0 Å². The molecular weight excluding hydrogens is 288 g/mol. The van der Waals surface area contributed by atoms with E-state index >= 15 is 0 Å². The minimum atomic E-state index is -0.544. The minimum absolute atomic E-state index is 0.314. The third-order valence-corrected chi connectivity index (χ3v) is 3.57. The lowest BCUT2D eigenvalue weighted by atomic mass is 9.94. The molecule has 23 heavy (non-hydrogen) atoms. The van der Waals surface area contributed by atoms with E-state index in [-0.39, 0.29) is 5.97 Å². The molecule has 2 aromatic carbocycles. The van der Waals surface area contributed by atoms with Gasteiger partial charge in [-0.25, -0.2) is 4.79 Å². The van der Waals surface area contributed by atoms with Crippen LogP contribution in [-0.2, 0) is 4.74 Å². The molecule has 3 nitrogen and oxygen atoms in total. The van der Waals surface area contributed by atoms with Crippen molar-refractivity contribution >= 4 is 5.97 Å². The van der Waals surface area contributed by atoms with Crippen molar-refractivity contribution in [2.45, 2.75) is 46.3 Å². The third kappa shape index (κ3) is 4.20. The monoisotopic (exact) mass is 312 g/mol. The highest BCUT2D eigenvalue weighted by Gasteiger charge is 2.20. The summed E-state index contributed by atoms with van der Waals surface area (Å²) in [6, 6.07) is 13.4. The van der Waals surface area contributed by atoms with Crippen LogP contribution in [0.25, 0.3) is 11.1 Å². The molecule has 3 heteroatoms. The zero-order valence-electron chi connectivity index (χ0n) is 14.4. The molecule has 0 saturated carbocycles. The van der Waals surface area contributed by atoms with Crippen molar-refractivity contribution in [1.82, 2.24) is 0 Å². The van der Waals surface area contributed by atoms with Gasteiger partial charge < -0.3 is 9.84 Å². The summed E-state index contributed by atoms with van der Waals surface area (Å²) in [5.41, 5.74) is 3.74. The van der Waals surface area contributed by atoms with Crippen LogP contribution >= 0.6 is 0 Å². The van der Waals surface area contributed by atoms with E-state index in [2.05, 4.69) is 0 Å². The highest BCUT2D eigenvalue weighted by molar-refractivity contribution is 5.92. The topological polar surface area (TPSA) is 46.5 Å². The van der Waals surface area contributed by atoms with Crippen LogP contribution in [0.15, 0.2) is 42.5 Å². The largest absolute Gasteiger partial charge is 0.456 e. The number of ether oxygens (including phenoxy) is 1. The summed E-state index contributed by atoms with van der Waals surface area (Å²) < 4.78 is 5.43. The lowest BCUT2D eigenvalue weighted by Crippen LogP contribution is -2.24. The van der Waals surface area contributed by atoms with Crippen molar-refractivity contribution < 1.29 is 14.6 Å². The predicted molar refractivity (Wildman–Crippen MR) is 92.4 cm³/mol. The number of hydrogen-bond donors (Lipinski definition) is 1. The van der Waals surface area contributed by atoms with E-state index in [9.17, 15) is 9.90 Å². The molecule has 0 aliphatic carbocycles. The van der Waals surface area contributed by atoms with Crippen LogP contribution in [0.2, 0.25) is 0 Å². The fourth-order valence-electron chi connectivity index (χ4n) is 2.52. The Hall–Kier alpha value is -2.13. The van der Waals surface area contributed by atoms with Gasteiger partial charge in [0, 0.05) is 0 Å². The summed E-state index contributed by atoms with van der Waals surface area (Å²) in [5.74, 6) is -0.314. The van der Waals surface area contributed by atoms with Crippen LogP contribution in [0.5, 0.6) is 0 Å². The maximum Gasteiger partial charge on any atom is 0.338 e. The Labute approximate surface area is 137 Å². The van der Waals surface area contributed by atoms with Crippen LogP contribution < -0.4 is 0 Å². The Bertz CT molecular complexity index is 709. The Kier molecular flexibility index (Phi) is 4.90. The molecule has 122 valence electrons. The van der Waals surface area contributed by atoms with Gasteiger partial charge in [0.1, 0.15) is 5.60 Å². The Morgan fingerprint density at radius 2 is 1.78 bits per heavy atom. The fraction of sp³-hybridized carbons (Fsp3) is 0.350. The number of carbonyl (C=O) groups excluding carboxylic acids is 1. The average Bonchev–Trinajstić information content (AvgIpc) is 2.45. The number of carbonyl (C=O) groups is 1. The van der Waals surface area contributed by atoms with Gasteiger partial charge in [-0.15, -0.1) is 0 Å². The molecule has 1 unspecified atom stereocenters. The third-order valence-electron chi connectivity index (χ3n) is 3.57. The van der Waals surface area contributed by atoms with Gasteiger partial charge in [-0.2, -0.15) is 0 Å². The Morgan fingerprint density at radius 3 is 2.35 bits per heavy atom. The maximum atomic E-state index is 12.2. The number of esters is 1. The van der Waals surface area contributed by atoms with Crippen molar-refractivity contribution in [3.05, 3.63) is 59.2 Å². The molecule has 0 fully saturated rings. The molecule has 0 radical (unpaired) electrons. The maximum absolute atomic E-state index is 12.2. The van der Waals surface area contributed by atoms with Crippen molar-refractivity contribution in [1.29, 1.82) is 0 Å². The van der Waals surface area contributed by atoms with Gasteiger partial charge in [0.15, 0.2) is 0 Å². The molecule has 0 aliphatic heterocycles. The van der Waals surface area contributed by atoms with E-state index in [0.717, 1.165) is 22.3 Å². The molecule has 1 N–H and O–H groups in total. The van der Waals surface area contributed by atoms with Crippen molar-refractivity contribution in [3.8, 4) is 11.1 Å². The standard InChI is InChI=1S/C20H24O3/c1-13-12-15(18-9-7-6-8-17(18)14(2)21)10-11-16(13)19(22)23-20(3,4)5/h6-12,14,21H,1-5H3. The molecule has 0 bridgehead atoms. The Morgan fingerprint density at radius 1 is 1.13 bits per heavy atom. The minimum Gasteiger partial charge on any atom is -0.456 e. The number of aliphatic hydroxyl groups is 1. The first kappa shape index (κ1) is 17.2. The highest BCUT2D eigenvalue weighted by atomic mass is 16.6. The lowest BCUT2D eigenvalue weighted by molar-refractivity contribution is 0.00688. The molecule has 1 atom stereocenters. The summed E-state index contributed by atoms with van der Waals surface area (Å²) in [4.78, 5) is 12.2. The van der Waals surface area contributed by atoms with Crippen LogP contribution in [-0.4, -0.2) is 16.7 Å². The quantitative estimate of drug-likeness (QED) is 0.838. The van der Waals surface area contributed by atoms with Gasteiger partial charge >= 0.3 is 5.97 Å². The molecule has 2 aromatic rings. The molecule has 0 heterocycles. The predicted octanol–water partition coefficient (Wildman–Crippen LogP) is 4.67. The summed E-state index contributed by atoms with van der Waals surface area (Å²) in [7, 11) is 0. The first-order chi connectivity index (χ1) is 10.7. The van der Waals surface area contributed by atoms with Crippen LogP contribution in [0.4, 0.5) is 0 Å². The summed E-state index contributed by atoms with van der Waals surface area (Å²) in [6.45, 7) is 9.21. The van der Waals surface area contributed by atoms with Gasteiger partial charge in [0.25, 0.3) is 0 Å². The Balaban J connectivity index is 2.39. The number of benzene rings is 2. The van der Waals surface area contributed by atoms with E-state index < -0.39 is 11.7 Å². The number of aryl methyl sites for hydroxylation is 1. The first-order valence-corrected chi connectivity index (χ1v) is 7.80. The van der Waals surface area contributed by atoms with Crippen LogP contribution in [0.1, 0.15) is 55.3 Å². The number of rotatable bonds is 3. The SMILES string of the molecule is Cc1cc(-c2ccccc2C(C)O)ccc1C(=O)OC(C)(C)C. The molecule has 0 spiro atoms. The van der Waals surface area contributed by atoms with Crippen molar-refractivity contribution in [2.24, 2.45) is 0 Å². The number of hydrogen-bond acceptors (Lipinski definition) is 3. The fourth-order valence-corrected chi connectivity index (χ4v) is 2.52. The second-order valence-corrected chi connectivity index (χ2v) is 6.79. The molecular formula is C20H24O3. The van der Waals surface area contributed by atoms with Crippen LogP contribution in [0.3, 0.4) is 0 Å². The zero-order chi connectivity index (χ0) is 17.2. The molecule has 0 aliphatic rings. The van der Waals surface area contributed by atoms with Crippen molar-refractivity contribution in [3.63, 3.8) is 0 Å². The summed E-state index contributed by atoms with van der Waals surface area (Å²) in [5, 5.41) is 9.93. The van der Waals surface area contributed by atoms with E-state index in [1.54, 1.807) is 13.0 Å².